The van der Waals surface area contributed by atoms with Gasteiger partial charge in [0.1, 0.15) is 0 Å². The summed E-state index contributed by atoms with van der Waals surface area (Å²) < 4.78 is 0. The molecule has 1 amide bonds. The van der Waals surface area contributed by atoms with Crippen LogP contribution in [-0.2, 0) is 4.79 Å². The van der Waals surface area contributed by atoms with Gasteiger partial charge in [-0.3, -0.25) is 4.79 Å². The maximum absolute atomic E-state index is 11.7. The van der Waals surface area contributed by atoms with Crippen molar-refractivity contribution in [2.24, 2.45) is 0 Å². The van der Waals surface area contributed by atoms with Gasteiger partial charge in [0.25, 0.3) is 0 Å². The molecular formula is C13H20N2OS. The highest BCUT2D eigenvalue weighted by atomic mass is 32.2. The quantitative estimate of drug-likeness (QED) is 0.600. The minimum Gasteiger partial charge on any atom is -0.354 e. The van der Waals surface area contributed by atoms with Gasteiger partial charge in [-0.1, -0.05) is 18.2 Å². The Labute approximate surface area is 107 Å². The number of hydrogen-bond acceptors (Lipinski definition) is 3. The first kappa shape index (κ1) is 14.1. The molecule has 0 bridgehead atoms. The summed E-state index contributed by atoms with van der Waals surface area (Å²) in [5.74, 6) is 0.920. The van der Waals surface area contributed by atoms with Crippen LogP contribution in [0.3, 0.4) is 0 Å². The molecule has 0 saturated heterocycles. The van der Waals surface area contributed by atoms with E-state index in [1.807, 2.05) is 32.0 Å². The van der Waals surface area contributed by atoms with Crippen LogP contribution in [0, 0.1) is 0 Å². The van der Waals surface area contributed by atoms with Crippen LogP contribution in [0.1, 0.15) is 13.8 Å². The van der Waals surface area contributed by atoms with Crippen molar-refractivity contribution in [1.29, 1.82) is 0 Å². The van der Waals surface area contributed by atoms with Crippen LogP contribution in [0.15, 0.2) is 35.2 Å². The molecule has 0 atom stereocenters. The number of hydrogen-bond donors (Lipinski definition) is 2. The van der Waals surface area contributed by atoms with Crippen molar-refractivity contribution >= 4 is 17.7 Å². The molecule has 1 rings (SSSR count). The molecule has 1 aromatic carbocycles. The molecule has 0 aliphatic rings. The first-order valence-electron chi connectivity index (χ1n) is 5.71. The van der Waals surface area contributed by atoms with Gasteiger partial charge in [-0.05, 0) is 33.0 Å². The number of thioether (sulfide) groups is 1. The van der Waals surface area contributed by atoms with Gasteiger partial charge in [0.2, 0.25) is 5.91 Å². The molecule has 0 aromatic heterocycles. The number of amides is 1. The molecular weight excluding hydrogens is 232 g/mol. The molecule has 4 heteroatoms. The van der Waals surface area contributed by atoms with Crippen LogP contribution >= 0.6 is 11.8 Å². The van der Waals surface area contributed by atoms with E-state index in [2.05, 4.69) is 22.8 Å². The molecule has 0 aliphatic heterocycles. The summed E-state index contributed by atoms with van der Waals surface area (Å²) in [4.78, 5) is 13.0. The Morgan fingerprint density at radius 2 is 1.94 bits per heavy atom. The summed E-state index contributed by atoms with van der Waals surface area (Å²) in [5.41, 5.74) is -0.503. The summed E-state index contributed by atoms with van der Waals surface area (Å²) >= 11 is 1.75. The monoisotopic (exact) mass is 252 g/mol. The van der Waals surface area contributed by atoms with Gasteiger partial charge < -0.3 is 10.6 Å². The third kappa shape index (κ3) is 4.79. The first-order chi connectivity index (χ1) is 8.06. The van der Waals surface area contributed by atoms with Crippen molar-refractivity contribution in [3.8, 4) is 0 Å². The normalized spacial score (nSPS) is 11.2. The lowest BCUT2D eigenvalue weighted by Gasteiger charge is -2.22. The van der Waals surface area contributed by atoms with Crippen LogP contribution in [0.25, 0.3) is 0 Å². The fraction of sp³-hybridized carbons (Fsp3) is 0.462. The zero-order chi connectivity index (χ0) is 12.7. The number of carbonyl (C=O) groups excluding carboxylic acids is 1. The average molecular weight is 252 g/mol. The van der Waals surface area contributed by atoms with Gasteiger partial charge in [-0.25, -0.2) is 0 Å². The van der Waals surface area contributed by atoms with Crippen molar-refractivity contribution in [3.63, 3.8) is 0 Å². The summed E-state index contributed by atoms with van der Waals surface area (Å²) in [6.07, 6.45) is 0. The van der Waals surface area contributed by atoms with E-state index >= 15 is 0 Å². The van der Waals surface area contributed by atoms with Crippen molar-refractivity contribution in [3.05, 3.63) is 30.3 Å². The fourth-order valence-corrected chi connectivity index (χ4v) is 1.97. The summed E-state index contributed by atoms with van der Waals surface area (Å²) in [5, 5.41) is 5.90. The zero-order valence-electron chi connectivity index (χ0n) is 10.6. The van der Waals surface area contributed by atoms with Crippen LogP contribution in [0.2, 0.25) is 0 Å². The molecule has 94 valence electrons. The Hall–Kier alpha value is -1.00. The Morgan fingerprint density at radius 1 is 1.29 bits per heavy atom. The molecule has 17 heavy (non-hydrogen) atoms. The van der Waals surface area contributed by atoms with E-state index in [1.54, 1.807) is 18.8 Å². The minimum absolute atomic E-state index is 0.0358. The first-order valence-corrected chi connectivity index (χ1v) is 6.70. The number of likely N-dealkylation sites (N-methyl/N-ethyl adjacent to an activating group) is 1. The largest absolute Gasteiger partial charge is 0.354 e. The molecule has 1 aromatic rings. The Morgan fingerprint density at radius 3 is 2.53 bits per heavy atom. The van der Waals surface area contributed by atoms with Crippen LogP contribution in [-0.4, -0.2) is 30.8 Å². The summed E-state index contributed by atoms with van der Waals surface area (Å²) in [6.45, 7) is 4.42. The third-order valence-corrected chi connectivity index (χ3v) is 3.61. The van der Waals surface area contributed by atoms with Gasteiger partial charge in [0.05, 0.1) is 5.54 Å². The second kappa shape index (κ2) is 6.67. The lowest BCUT2D eigenvalue weighted by molar-refractivity contribution is -0.126. The average Bonchev–Trinajstić information content (AvgIpc) is 2.35. The van der Waals surface area contributed by atoms with Gasteiger partial charge in [-0.15, -0.1) is 11.8 Å². The minimum atomic E-state index is -0.503. The van der Waals surface area contributed by atoms with Crippen molar-refractivity contribution in [2.45, 2.75) is 24.3 Å². The van der Waals surface area contributed by atoms with Crippen LogP contribution in [0.4, 0.5) is 0 Å². The molecule has 3 nitrogen and oxygen atoms in total. The van der Waals surface area contributed by atoms with Crippen LogP contribution < -0.4 is 10.6 Å². The molecule has 0 spiro atoms. The highest BCUT2D eigenvalue weighted by Crippen LogP contribution is 2.15. The van der Waals surface area contributed by atoms with Crippen LogP contribution in [0.5, 0.6) is 0 Å². The Bertz CT molecular complexity index is 352. The highest BCUT2D eigenvalue weighted by molar-refractivity contribution is 7.99. The number of benzene rings is 1. The SMILES string of the molecule is CNC(C)(C)C(=O)NCCSc1ccccc1. The van der Waals surface area contributed by atoms with Gasteiger partial charge >= 0.3 is 0 Å². The molecule has 0 aliphatic carbocycles. The maximum atomic E-state index is 11.7. The second-order valence-corrected chi connectivity index (χ2v) is 5.46. The molecule has 0 unspecified atom stereocenters. The van der Waals surface area contributed by atoms with E-state index in [9.17, 15) is 4.79 Å². The van der Waals surface area contributed by atoms with Gasteiger partial charge in [0.15, 0.2) is 0 Å². The van der Waals surface area contributed by atoms with Gasteiger partial charge in [-0.2, -0.15) is 0 Å². The van der Waals surface area contributed by atoms with E-state index in [0.29, 0.717) is 6.54 Å². The highest BCUT2D eigenvalue weighted by Gasteiger charge is 2.24. The van der Waals surface area contributed by atoms with Crippen molar-refractivity contribution in [2.75, 3.05) is 19.3 Å². The maximum Gasteiger partial charge on any atom is 0.239 e. The Kier molecular flexibility index (Phi) is 5.51. The fourth-order valence-electron chi connectivity index (χ4n) is 1.18. The topological polar surface area (TPSA) is 41.1 Å². The molecule has 0 radical (unpaired) electrons. The lowest BCUT2D eigenvalue weighted by Crippen LogP contribution is -2.51. The van der Waals surface area contributed by atoms with E-state index < -0.39 is 5.54 Å². The molecule has 0 heterocycles. The van der Waals surface area contributed by atoms with E-state index in [1.165, 1.54) is 4.90 Å². The summed E-state index contributed by atoms with van der Waals surface area (Å²) in [7, 11) is 1.79. The van der Waals surface area contributed by atoms with Gasteiger partial charge in [0, 0.05) is 17.2 Å². The smallest absolute Gasteiger partial charge is 0.239 e. The zero-order valence-corrected chi connectivity index (χ0v) is 11.4. The van der Waals surface area contributed by atoms with Crippen molar-refractivity contribution < 1.29 is 4.79 Å². The van der Waals surface area contributed by atoms with E-state index in [-0.39, 0.29) is 5.91 Å². The van der Waals surface area contributed by atoms with E-state index in [0.717, 1.165) is 5.75 Å². The number of nitrogens with one attached hydrogen (secondary N) is 2. The molecule has 0 fully saturated rings. The van der Waals surface area contributed by atoms with E-state index in [4.69, 9.17) is 0 Å². The second-order valence-electron chi connectivity index (χ2n) is 4.29. The van der Waals surface area contributed by atoms with Crippen molar-refractivity contribution in [1.82, 2.24) is 10.6 Å². The number of carbonyl (C=O) groups is 1. The predicted molar refractivity (Wildman–Crippen MR) is 73.3 cm³/mol. The number of rotatable bonds is 6. The standard InChI is InChI=1S/C13H20N2OS/c1-13(2,14-3)12(16)15-9-10-17-11-7-5-4-6-8-11/h4-8,14H,9-10H2,1-3H3,(H,15,16). The summed E-state index contributed by atoms with van der Waals surface area (Å²) in [6, 6.07) is 10.2. The molecule has 2 N–H and O–H groups in total. The Balaban J connectivity index is 2.23. The molecule has 0 saturated carbocycles. The third-order valence-electron chi connectivity index (χ3n) is 2.59. The lowest BCUT2D eigenvalue weighted by atomic mass is 10.1. The predicted octanol–water partition coefficient (Wildman–Crippen LogP) is 1.89.